The molecular formula is C14H27N3O. The smallest absolute Gasteiger partial charge is 0.239 e. The van der Waals surface area contributed by atoms with Gasteiger partial charge in [-0.3, -0.25) is 4.79 Å². The van der Waals surface area contributed by atoms with E-state index in [9.17, 15) is 4.79 Å². The number of rotatable bonds is 5. The highest BCUT2D eigenvalue weighted by molar-refractivity contribution is 5.82. The van der Waals surface area contributed by atoms with Crippen molar-refractivity contribution in [1.82, 2.24) is 15.1 Å². The molecule has 0 saturated carbocycles. The van der Waals surface area contributed by atoms with E-state index in [1.807, 2.05) is 7.05 Å². The van der Waals surface area contributed by atoms with Gasteiger partial charge in [0, 0.05) is 19.6 Å². The highest BCUT2D eigenvalue weighted by Crippen LogP contribution is 2.15. The van der Waals surface area contributed by atoms with Gasteiger partial charge in [-0.2, -0.15) is 0 Å². The van der Waals surface area contributed by atoms with Gasteiger partial charge < -0.3 is 15.1 Å². The molecular weight excluding hydrogens is 226 g/mol. The fourth-order valence-electron chi connectivity index (χ4n) is 3.23. The first-order valence-corrected chi connectivity index (χ1v) is 7.39. The van der Waals surface area contributed by atoms with Crippen LogP contribution in [0.5, 0.6) is 0 Å². The second-order valence-corrected chi connectivity index (χ2v) is 5.88. The van der Waals surface area contributed by atoms with Crippen LogP contribution in [0.15, 0.2) is 0 Å². The zero-order valence-electron chi connectivity index (χ0n) is 11.8. The van der Waals surface area contributed by atoms with Crippen LogP contribution in [0, 0.1) is 5.92 Å². The van der Waals surface area contributed by atoms with E-state index in [4.69, 9.17) is 0 Å². The van der Waals surface area contributed by atoms with Gasteiger partial charge in [-0.1, -0.05) is 6.92 Å². The van der Waals surface area contributed by atoms with E-state index in [-0.39, 0.29) is 6.04 Å². The maximum atomic E-state index is 12.2. The highest BCUT2D eigenvalue weighted by atomic mass is 16.2. The van der Waals surface area contributed by atoms with Gasteiger partial charge in [-0.05, 0) is 51.7 Å². The third-order valence-electron chi connectivity index (χ3n) is 4.18. The Balaban J connectivity index is 1.78. The molecule has 2 saturated heterocycles. The second kappa shape index (κ2) is 6.53. The van der Waals surface area contributed by atoms with Crippen molar-refractivity contribution in [3.05, 3.63) is 0 Å². The summed E-state index contributed by atoms with van der Waals surface area (Å²) in [5.74, 6) is 0.889. The van der Waals surface area contributed by atoms with Gasteiger partial charge in [0.25, 0.3) is 0 Å². The fraction of sp³-hybridized carbons (Fsp3) is 0.929. The molecule has 0 aromatic carbocycles. The molecule has 0 aromatic heterocycles. The minimum atomic E-state index is 0.0535. The third kappa shape index (κ3) is 3.45. The number of nitrogens with one attached hydrogen (secondary N) is 1. The van der Waals surface area contributed by atoms with E-state index < -0.39 is 0 Å². The molecule has 1 N–H and O–H groups in total. The molecule has 0 spiro atoms. The molecule has 0 bridgehead atoms. The summed E-state index contributed by atoms with van der Waals surface area (Å²) >= 11 is 0. The molecule has 4 nitrogen and oxygen atoms in total. The number of piperidine rings is 1. The van der Waals surface area contributed by atoms with Crippen LogP contribution in [-0.2, 0) is 4.79 Å². The van der Waals surface area contributed by atoms with Crippen molar-refractivity contribution in [2.45, 2.75) is 38.6 Å². The second-order valence-electron chi connectivity index (χ2n) is 5.88. The molecule has 0 aromatic rings. The van der Waals surface area contributed by atoms with Crippen molar-refractivity contribution in [1.29, 1.82) is 0 Å². The van der Waals surface area contributed by atoms with Crippen LogP contribution in [0.4, 0.5) is 0 Å². The number of amides is 1. The Kier molecular flexibility index (Phi) is 5.01. The summed E-state index contributed by atoms with van der Waals surface area (Å²) in [5, 5.41) is 3.13. The number of carbonyl (C=O) groups excluding carboxylic acids is 1. The van der Waals surface area contributed by atoms with Gasteiger partial charge in [0.15, 0.2) is 0 Å². The molecule has 104 valence electrons. The summed E-state index contributed by atoms with van der Waals surface area (Å²) in [5.41, 5.74) is 0. The molecule has 2 rings (SSSR count). The maximum absolute atomic E-state index is 12.2. The Bertz CT molecular complexity index is 276. The molecule has 0 radical (unpaired) electrons. The third-order valence-corrected chi connectivity index (χ3v) is 4.18. The first-order chi connectivity index (χ1) is 8.70. The average molecular weight is 253 g/mol. The number of likely N-dealkylation sites (N-methyl/N-ethyl adjacent to an activating group) is 1. The lowest BCUT2D eigenvalue weighted by Crippen LogP contribution is -2.51. The summed E-state index contributed by atoms with van der Waals surface area (Å²) in [6.45, 7) is 7.78. The predicted molar refractivity (Wildman–Crippen MR) is 73.5 cm³/mol. The van der Waals surface area contributed by atoms with Gasteiger partial charge in [0.1, 0.15) is 0 Å². The van der Waals surface area contributed by atoms with Crippen LogP contribution in [0.3, 0.4) is 0 Å². The lowest BCUT2D eigenvalue weighted by Gasteiger charge is -2.34. The highest BCUT2D eigenvalue weighted by Gasteiger charge is 2.28. The number of carbonyl (C=O) groups is 1. The quantitative estimate of drug-likeness (QED) is 0.792. The monoisotopic (exact) mass is 253 g/mol. The molecule has 2 aliphatic rings. The summed E-state index contributed by atoms with van der Waals surface area (Å²) in [6, 6.07) is 0.0535. The van der Waals surface area contributed by atoms with Gasteiger partial charge in [-0.15, -0.1) is 0 Å². The van der Waals surface area contributed by atoms with Crippen LogP contribution in [0.1, 0.15) is 32.6 Å². The Morgan fingerprint density at radius 2 is 1.94 bits per heavy atom. The van der Waals surface area contributed by atoms with Gasteiger partial charge in [0.2, 0.25) is 5.91 Å². The number of likely N-dealkylation sites (tertiary alicyclic amines) is 2. The van der Waals surface area contributed by atoms with Crippen molar-refractivity contribution >= 4 is 5.91 Å². The summed E-state index contributed by atoms with van der Waals surface area (Å²) in [4.78, 5) is 16.8. The van der Waals surface area contributed by atoms with E-state index in [2.05, 4.69) is 22.0 Å². The zero-order chi connectivity index (χ0) is 13.0. The molecule has 18 heavy (non-hydrogen) atoms. The van der Waals surface area contributed by atoms with Crippen LogP contribution >= 0.6 is 0 Å². The SMILES string of the molecule is CNC1CCCN(CC(C)CN2CCCC2)C1=O. The van der Waals surface area contributed by atoms with E-state index in [0.717, 1.165) is 32.5 Å². The van der Waals surface area contributed by atoms with Crippen molar-refractivity contribution in [2.75, 3.05) is 39.8 Å². The molecule has 1 amide bonds. The molecule has 2 atom stereocenters. The zero-order valence-corrected chi connectivity index (χ0v) is 11.8. The number of hydrogen-bond donors (Lipinski definition) is 1. The minimum absolute atomic E-state index is 0.0535. The number of nitrogens with zero attached hydrogens (tertiary/aromatic N) is 2. The van der Waals surface area contributed by atoms with Gasteiger partial charge >= 0.3 is 0 Å². The van der Waals surface area contributed by atoms with Gasteiger partial charge in [0.05, 0.1) is 6.04 Å². The molecule has 2 unspecified atom stereocenters. The van der Waals surface area contributed by atoms with Crippen LogP contribution in [-0.4, -0.2) is 61.5 Å². The van der Waals surface area contributed by atoms with Crippen molar-refractivity contribution in [2.24, 2.45) is 5.92 Å². The lowest BCUT2D eigenvalue weighted by atomic mass is 10.0. The van der Waals surface area contributed by atoms with Crippen molar-refractivity contribution < 1.29 is 4.79 Å². The number of hydrogen-bond acceptors (Lipinski definition) is 3. The predicted octanol–water partition coefficient (Wildman–Crippen LogP) is 0.929. The Hall–Kier alpha value is -0.610. The largest absolute Gasteiger partial charge is 0.341 e. The van der Waals surface area contributed by atoms with Crippen LogP contribution in [0.2, 0.25) is 0 Å². The summed E-state index contributed by atoms with van der Waals surface area (Å²) in [7, 11) is 1.89. The first-order valence-electron chi connectivity index (χ1n) is 7.39. The molecule has 4 heteroatoms. The Morgan fingerprint density at radius 1 is 1.22 bits per heavy atom. The maximum Gasteiger partial charge on any atom is 0.239 e. The lowest BCUT2D eigenvalue weighted by molar-refractivity contribution is -0.136. The molecule has 2 fully saturated rings. The standard InChI is InChI=1S/C14H27N3O/c1-12(10-16-7-3-4-8-16)11-17-9-5-6-13(15-2)14(17)18/h12-13,15H,3-11H2,1-2H3. The van der Waals surface area contributed by atoms with E-state index in [0.29, 0.717) is 11.8 Å². The van der Waals surface area contributed by atoms with E-state index >= 15 is 0 Å². The van der Waals surface area contributed by atoms with Gasteiger partial charge in [-0.25, -0.2) is 0 Å². The van der Waals surface area contributed by atoms with Crippen LogP contribution < -0.4 is 5.32 Å². The van der Waals surface area contributed by atoms with Crippen LogP contribution in [0.25, 0.3) is 0 Å². The fourth-order valence-corrected chi connectivity index (χ4v) is 3.23. The van der Waals surface area contributed by atoms with Crippen molar-refractivity contribution in [3.63, 3.8) is 0 Å². The minimum Gasteiger partial charge on any atom is -0.341 e. The van der Waals surface area contributed by atoms with Crippen molar-refractivity contribution in [3.8, 4) is 0 Å². The molecule has 2 aliphatic heterocycles. The first kappa shape index (κ1) is 13.8. The molecule has 2 heterocycles. The topological polar surface area (TPSA) is 35.6 Å². The molecule has 0 aliphatic carbocycles. The average Bonchev–Trinajstić information content (AvgIpc) is 2.84. The van der Waals surface area contributed by atoms with E-state index in [1.165, 1.54) is 25.9 Å². The Morgan fingerprint density at radius 3 is 2.61 bits per heavy atom. The summed E-state index contributed by atoms with van der Waals surface area (Å²) in [6.07, 6.45) is 4.81. The van der Waals surface area contributed by atoms with E-state index in [1.54, 1.807) is 0 Å². The summed E-state index contributed by atoms with van der Waals surface area (Å²) < 4.78 is 0. The Labute approximate surface area is 111 Å². The normalized spacial score (nSPS) is 27.8.